The molecule has 0 aliphatic heterocycles. The van der Waals surface area contributed by atoms with E-state index in [1.165, 1.54) is 6.08 Å². The summed E-state index contributed by atoms with van der Waals surface area (Å²) in [5, 5.41) is 20.0. The van der Waals surface area contributed by atoms with Gasteiger partial charge in [0.25, 0.3) is 0 Å². The highest BCUT2D eigenvalue weighted by Gasteiger charge is 2.06. The largest absolute Gasteiger partial charge is 0.399 e. The van der Waals surface area contributed by atoms with Crippen LogP contribution in [0.4, 0.5) is 5.69 Å². The highest BCUT2D eigenvalue weighted by molar-refractivity contribution is 5.92. The number of hydrogen-bond donors (Lipinski definition) is 4. The molecule has 17 heavy (non-hydrogen) atoms. The zero-order valence-corrected chi connectivity index (χ0v) is 9.34. The molecule has 1 rings (SSSR count). The fraction of sp³-hybridized carbons (Fsp3) is 0.250. The van der Waals surface area contributed by atoms with Crippen LogP contribution in [0.1, 0.15) is 5.56 Å². The van der Waals surface area contributed by atoms with Crippen LogP contribution in [0, 0.1) is 0 Å². The fourth-order valence-electron chi connectivity index (χ4n) is 1.23. The maximum absolute atomic E-state index is 11.4. The van der Waals surface area contributed by atoms with Gasteiger partial charge in [0.15, 0.2) is 0 Å². The van der Waals surface area contributed by atoms with Gasteiger partial charge in [0.05, 0.1) is 19.3 Å². The standard InChI is InChI=1S/C12H16N2O3/c13-10-3-1-2-9(6-10)4-5-12(17)14-11(7-15)8-16/h1-6,11,15-16H,7-8,13H2,(H,14,17)/b5-4+. The van der Waals surface area contributed by atoms with Gasteiger partial charge < -0.3 is 21.3 Å². The van der Waals surface area contributed by atoms with Crippen molar-refractivity contribution >= 4 is 17.7 Å². The van der Waals surface area contributed by atoms with E-state index >= 15 is 0 Å². The van der Waals surface area contributed by atoms with Crippen LogP contribution in [0.25, 0.3) is 6.08 Å². The lowest BCUT2D eigenvalue weighted by Gasteiger charge is -2.10. The van der Waals surface area contributed by atoms with Gasteiger partial charge in [-0.05, 0) is 23.8 Å². The summed E-state index contributed by atoms with van der Waals surface area (Å²) in [7, 11) is 0. The quantitative estimate of drug-likeness (QED) is 0.419. The third-order valence-electron chi connectivity index (χ3n) is 2.12. The summed E-state index contributed by atoms with van der Waals surface area (Å²) in [4.78, 5) is 11.4. The molecule has 0 aliphatic carbocycles. The number of carbonyl (C=O) groups excluding carboxylic acids is 1. The second kappa shape index (κ2) is 6.67. The smallest absolute Gasteiger partial charge is 0.244 e. The highest BCUT2D eigenvalue weighted by atomic mass is 16.3. The SMILES string of the molecule is Nc1cccc(/C=C/C(=O)NC(CO)CO)c1. The molecule has 1 aromatic carbocycles. The Hall–Kier alpha value is -1.85. The summed E-state index contributed by atoms with van der Waals surface area (Å²) < 4.78 is 0. The van der Waals surface area contributed by atoms with Gasteiger partial charge in [-0.3, -0.25) is 4.79 Å². The molecule has 0 heterocycles. The number of benzene rings is 1. The third kappa shape index (κ3) is 4.67. The predicted octanol–water partition coefficient (Wildman–Crippen LogP) is -0.249. The van der Waals surface area contributed by atoms with Crippen LogP contribution in [0.3, 0.4) is 0 Å². The normalized spacial score (nSPS) is 11.0. The molecule has 92 valence electrons. The van der Waals surface area contributed by atoms with Crippen molar-refractivity contribution in [2.75, 3.05) is 18.9 Å². The van der Waals surface area contributed by atoms with E-state index in [0.29, 0.717) is 5.69 Å². The number of aliphatic hydroxyl groups excluding tert-OH is 2. The average Bonchev–Trinajstić information content (AvgIpc) is 2.33. The first-order valence-corrected chi connectivity index (χ1v) is 5.21. The fourth-order valence-corrected chi connectivity index (χ4v) is 1.23. The molecule has 0 atom stereocenters. The third-order valence-corrected chi connectivity index (χ3v) is 2.12. The highest BCUT2D eigenvalue weighted by Crippen LogP contribution is 2.07. The number of rotatable bonds is 5. The molecule has 0 bridgehead atoms. The molecule has 5 nitrogen and oxygen atoms in total. The maximum atomic E-state index is 11.4. The summed E-state index contributed by atoms with van der Waals surface area (Å²) in [5.41, 5.74) is 7.02. The summed E-state index contributed by atoms with van der Waals surface area (Å²) in [6.45, 7) is -0.595. The Morgan fingerprint density at radius 2 is 2.12 bits per heavy atom. The molecule has 0 spiro atoms. The Morgan fingerprint density at radius 3 is 2.71 bits per heavy atom. The Kier molecular flexibility index (Phi) is 5.19. The number of carbonyl (C=O) groups is 1. The van der Waals surface area contributed by atoms with Gasteiger partial charge in [-0.15, -0.1) is 0 Å². The van der Waals surface area contributed by atoms with Crippen molar-refractivity contribution in [1.29, 1.82) is 0 Å². The Bertz CT molecular complexity index is 400. The molecule has 0 saturated carbocycles. The van der Waals surface area contributed by atoms with Gasteiger partial charge >= 0.3 is 0 Å². The number of aliphatic hydroxyl groups is 2. The van der Waals surface area contributed by atoms with Crippen molar-refractivity contribution in [2.45, 2.75) is 6.04 Å². The van der Waals surface area contributed by atoms with Gasteiger partial charge in [0.2, 0.25) is 5.91 Å². The van der Waals surface area contributed by atoms with Gasteiger partial charge in [-0.25, -0.2) is 0 Å². The molecule has 0 aromatic heterocycles. The minimum atomic E-state index is -0.631. The van der Waals surface area contributed by atoms with Crippen molar-refractivity contribution in [2.24, 2.45) is 0 Å². The van der Waals surface area contributed by atoms with Crippen LogP contribution in [-0.4, -0.2) is 35.4 Å². The lowest BCUT2D eigenvalue weighted by molar-refractivity contribution is -0.117. The zero-order chi connectivity index (χ0) is 12.7. The zero-order valence-electron chi connectivity index (χ0n) is 9.34. The predicted molar refractivity (Wildman–Crippen MR) is 66.0 cm³/mol. The monoisotopic (exact) mass is 236 g/mol. The first-order valence-electron chi connectivity index (χ1n) is 5.21. The van der Waals surface area contributed by atoms with Crippen LogP contribution >= 0.6 is 0 Å². The second-order valence-corrected chi connectivity index (χ2v) is 3.57. The lowest BCUT2D eigenvalue weighted by atomic mass is 10.2. The van der Waals surface area contributed by atoms with E-state index < -0.39 is 6.04 Å². The van der Waals surface area contributed by atoms with E-state index in [1.54, 1.807) is 24.3 Å². The van der Waals surface area contributed by atoms with E-state index in [-0.39, 0.29) is 19.1 Å². The summed E-state index contributed by atoms with van der Waals surface area (Å²) in [6, 6.07) is 6.46. The number of nitrogens with one attached hydrogen (secondary N) is 1. The number of nitrogens with two attached hydrogens (primary N) is 1. The van der Waals surface area contributed by atoms with Gasteiger partial charge in [0.1, 0.15) is 0 Å². The number of nitrogen functional groups attached to an aromatic ring is 1. The average molecular weight is 236 g/mol. The van der Waals surface area contributed by atoms with Crippen LogP contribution in [0.5, 0.6) is 0 Å². The molecule has 0 saturated heterocycles. The van der Waals surface area contributed by atoms with Crippen molar-refractivity contribution in [3.63, 3.8) is 0 Å². The van der Waals surface area contributed by atoms with E-state index in [0.717, 1.165) is 5.56 Å². The molecule has 0 radical (unpaired) electrons. The Labute approximate surface area is 99.6 Å². The van der Waals surface area contributed by atoms with E-state index in [9.17, 15) is 4.79 Å². The number of hydrogen-bond acceptors (Lipinski definition) is 4. The Morgan fingerprint density at radius 1 is 1.41 bits per heavy atom. The van der Waals surface area contributed by atoms with Crippen molar-refractivity contribution in [1.82, 2.24) is 5.32 Å². The minimum Gasteiger partial charge on any atom is -0.399 e. The molecule has 0 unspecified atom stereocenters. The minimum absolute atomic E-state index is 0.297. The van der Waals surface area contributed by atoms with Crippen LogP contribution in [0.2, 0.25) is 0 Å². The lowest BCUT2D eigenvalue weighted by Crippen LogP contribution is -2.39. The summed E-state index contributed by atoms with van der Waals surface area (Å²) >= 11 is 0. The maximum Gasteiger partial charge on any atom is 0.244 e. The second-order valence-electron chi connectivity index (χ2n) is 3.57. The molecule has 0 aliphatic rings. The molecule has 1 amide bonds. The van der Waals surface area contributed by atoms with Gasteiger partial charge in [0, 0.05) is 11.8 Å². The first-order chi connectivity index (χ1) is 8.15. The van der Waals surface area contributed by atoms with Crippen LogP contribution < -0.4 is 11.1 Å². The Balaban J connectivity index is 2.56. The van der Waals surface area contributed by atoms with Crippen LogP contribution in [0.15, 0.2) is 30.3 Å². The van der Waals surface area contributed by atoms with Gasteiger partial charge in [-0.1, -0.05) is 12.1 Å². The van der Waals surface area contributed by atoms with Crippen molar-refractivity contribution in [3.8, 4) is 0 Å². The first kappa shape index (κ1) is 13.2. The topological polar surface area (TPSA) is 95.6 Å². The van der Waals surface area contributed by atoms with Crippen molar-refractivity contribution < 1.29 is 15.0 Å². The van der Waals surface area contributed by atoms with Crippen molar-refractivity contribution in [3.05, 3.63) is 35.9 Å². The molecular formula is C12H16N2O3. The van der Waals surface area contributed by atoms with E-state index in [4.69, 9.17) is 15.9 Å². The van der Waals surface area contributed by atoms with E-state index in [2.05, 4.69) is 5.32 Å². The summed E-state index contributed by atoms with van der Waals surface area (Å²) in [6.07, 6.45) is 2.94. The molecule has 5 N–H and O–H groups in total. The molecular weight excluding hydrogens is 220 g/mol. The summed E-state index contributed by atoms with van der Waals surface area (Å²) in [5.74, 6) is -0.375. The van der Waals surface area contributed by atoms with E-state index in [1.807, 2.05) is 6.07 Å². The van der Waals surface area contributed by atoms with Crippen LogP contribution in [-0.2, 0) is 4.79 Å². The molecule has 0 fully saturated rings. The van der Waals surface area contributed by atoms with Gasteiger partial charge in [-0.2, -0.15) is 0 Å². The number of amides is 1. The number of anilines is 1. The molecule has 1 aromatic rings. The molecule has 5 heteroatoms.